The van der Waals surface area contributed by atoms with Gasteiger partial charge in [0.2, 0.25) is 0 Å². The predicted octanol–water partition coefficient (Wildman–Crippen LogP) is 4.92. The fourth-order valence-corrected chi connectivity index (χ4v) is 10.7. The van der Waals surface area contributed by atoms with Crippen LogP contribution < -0.4 is 0 Å². The summed E-state index contributed by atoms with van der Waals surface area (Å²) in [5.41, 5.74) is 0.459. The Labute approximate surface area is 230 Å². The van der Waals surface area contributed by atoms with Crippen molar-refractivity contribution in [1.29, 1.82) is 0 Å². The maximum absolute atomic E-state index is 12.3. The normalized spacial score (nSPS) is 47.7. The summed E-state index contributed by atoms with van der Waals surface area (Å²) in [6, 6.07) is 0.881. The van der Waals surface area contributed by atoms with Crippen LogP contribution in [-0.4, -0.2) is 86.1 Å². The lowest BCUT2D eigenvalue weighted by Crippen LogP contribution is -2.61. The van der Waals surface area contributed by atoms with E-state index in [1.807, 2.05) is 6.08 Å². The van der Waals surface area contributed by atoms with Gasteiger partial charge in [-0.3, -0.25) is 14.6 Å². The van der Waals surface area contributed by atoms with E-state index in [0.29, 0.717) is 36.1 Å². The average Bonchev–Trinajstić information content (AvgIpc) is 3.54. The van der Waals surface area contributed by atoms with E-state index in [2.05, 4.69) is 30.2 Å². The molecule has 2 heterocycles. The average molecular weight is 529 g/mol. The van der Waals surface area contributed by atoms with Crippen LogP contribution in [0, 0.1) is 34.5 Å². The molecule has 0 aromatic rings. The zero-order chi connectivity index (χ0) is 26.5. The summed E-state index contributed by atoms with van der Waals surface area (Å²) < 4.78 is 18.5. The molecule has 0 amide bonds. The second kappa shape index (κ2) is 10.8. The summed E-state index contributed by atoms with van der Waals surface area (Å²) in [5.74, 6) is 2.81. The number of hydrogen-bond acceptors (Lipinski definition) is 6. The first-order valence-corrected chi connectivity index (χ1v) is 15.8. The standard InChI is InChI=1S/C32H52N2O4/c1-5-16-37-29-19-23-8-9-24-25(32(23,4)21-28(29)34-14-17-36-18-15-34)10-11-31(3)26(24)20-27(30(31)38-22(2)35)33-12-6-7-13-33/h5,23-30H,1,6-21H2,2-4H3/t23-,24?,25?,26?,27-,28-,29-,30-,31-,32-/m0/s1. The van der Waals surface area contributed by atoms with Gasteiger partial charge in [-0.25, -0.2) is 0 Å². The highest BCUT2D eigenvalue weighted by Crippen LogP contribution is 2.67. The van der Waals surface area contributed by atoms with Crippen molar-refractivity contribution in [1.82, 2.24) is 9.80 Å². The molecule has 4 aliphatic carbocycles. The van der Waals surface area contributed by atoms with E-state index in [0.717, 1.165) is 44.1 Å². The van der Waals surface area contributed by atoms with Gasteiger partial charge >= 0.3 is 5.97 Å². The SMILES string of the molecule is C=CCO[C@H]1C[C@@H]2CCC3C4C[C@H](N5CCCC5)[C@H](OC(C)=O)[C@@]4(C)CCC3[C@@]2(C)C[C@@H]1N1CCOCC1. The zero-order valence-corrected chi connectivity index (χ0v) is 24.2. The number of morpholine rings is 1. The maximum atomic E-state index is 12.3. The first-order valence-electron chi connectivity index (χ1n) is 15.8. The zero-order valence-electron chi connectivity index (χ0n) is 24.2. The summed E-state index contributed by atoms with van der Waals surface area (Å²) in [4.78, 5) is 17.7. The van der Waals surface area contributed by atoms with E-state index in [1.54, 1.807) is 6.92 Å². The fraction of sp³-hybridized carbons (Fsp3) is 0.906. The molecule has 0 aromatic heterocycles. The summed E-state index contributed by atoms with van der Waals surface area (Å²) in [7, 11) is 0. The molecule has 10 atom stereocenters. The molecule has 0 bridgehead atoms. The molecule has 38 heavy (non-hydrogen) atoms. The van der Waals surface area contributed by atoms with Crippen LogP contribution in [0.5, 0.6) is 0 Å². The van der Waals surface area contributed by atoms with Crippen molar-refractivity contribution in [2.24, 2.45) is 34.5 Å². The van der Waals surface area contributed by atoms with Crippen LogP contribution in [0.2, 0.25) is 0 Å². The Kier molecular flexibility index (Phi) is 7.74. The Bertz CT molecular complexity index is 870. The van der Waals surface area contributed by atoms with E-state index >= 15 is 0 Å². The lowest BCUT2D eigenvalue weighted by Gasteiger charge is -2.62. The van der Waals surface area contributed by atoms with Crippen LogP contribution >= 0.6 is 0 Å². The van der Waals surface area contributed by atoms with Crippen LogP contribution in [0.1, 0.15) is 78.6 Å². The van der Waals surface area contributed by atoms with Crippen LogP contribution in [0.25, 0.3) is 0 Å². The van der Waals surface area contributed by atoms with Gasteiger partial charge in [0, 0.05) is 37.5 Å². The van der Waals surface area contributed by atoms with Crippen molar-refractivity contribution in [2.45, 2.75) is 103 Å². The van der Waals surface area contributed by atoms with E-state index in [-0.39, 0.29) is 17.5 Å². The minimum atomic E-state index is -0.0925. The van der Waals surface area contributed by atoms with Gasteiger partial charge in [-0.1, -0.05) is 19.9 Å². The largest absolute Gasteiger partial charge is 0.460 e. The molecule has 3 unspecified atom stereocenters. The third-order valence-electron chi connectivity index (χ3n) is 12.4. The van der Waals surface area contributed by atoms with Crippen LogP contribution in [-0.2, 0) is 19.0 Å². The molecule has 6 fully saturated rings. The van der Waals surface area contributed by atoms with Crippen molar-refractivity contribution in [3.8, 4) is 0 Å². The highest BCUT2D eigenvalue weighted by atomic mass is 16.5. The van der Waals surface area contributed by atoms with Crippen LogP contribution in [0.4, 0.5) is 0 Å². The van der Waals surface area contributed by atoms with E-state index in [9.17, 15) is 4.79 Å². The van der Waals surface area contributed by atoms with Gasteiger partial charge in [0.15, 0.2) is 0 Å². The Morgan fingerprint density at radius 2 is 1.71 bits per heavy atom. The highest BCUT2D eigenvalue weighted by molar-refractivity contribution is 5.66. The molecule has 0 radical (unpaired) electrons. The lowest BCUT2D eigenvalue weighted by atomic mass is 9.44. The lowest BCUT2D eigenvalue weighted by molar-refractivity contribution is -0.175. The van der Waals surface area contributed by atoms with Gasteiger partial charge in [0.25, 0.3) is 0 Å². The summed E-state index contributed by atoms with van der Waals surface area (Å²) >= 11 is 0. The van der Waals surface area contributed by atoms with Gasteiger partial charge in [0.05, 0.1) is 25.9 Å². The third kappa shape index (κ3) is 4.59. The van der Waals surface area contributed by atoms with Gasteiger partial charge in [-0.2, -0.15) is 0 Å². The molecule has 4 saturated carbocycles. The molecule has 214 valence electrons. The number of likely N-dealkylation sites (tertiary alicyclic amines) is 1. The van der Waals surface area contributed by atoms with E-state index < -0.39 is 0 Å². The van der Waals surface area contributed by atoms with Gasteiger partial charge in [0.1, 0.15) is 6.10 Å². The van der Waals surface area contributed by atoms with Crippen molar-refractivity contribution in [3.05, 3.63) is 12.7 Å². The van der Waals surface area contributed by atoms with E-state index in [4.69, 9.17) is 14.2 Å². The second-order valence-corrected chi connectivity index (χ2v) is 14.1. The molecule has 2 aliphatic heterocycles. The fourth-order valence-electron chi connectivity index (χ4n) is 10.7. The molecule has 6 aliphatic rings. The number of rotatable bonds is 6. The Hall–Kier alpha value is -0.950. The topological polar surface area (TPSA) is 51.2 Å². The highest BCUT2D eigenvalue weighted by Gasteiger charge is 2.65. The number of ether oxygens (including phenoxy) is 3. The van der Waals surface area contributed by atoms with Crippen molar-refractivity contribution in [3.63, 3.8) is 0 Å². The van der Waals surface area contributed by atoms with Gasteiger partial charge in [-0.05, 0) is 100.0 Å². The minimum absolute atomic E-state index is 0.0544. The first-order chi connectivity index (χ1) is 18.3. The smallest absolute Gasteiger partial charge is 0.302 e. The quantitative estimate of drug-likeness (QED) is 0.360. The molecule has 0 aromatic carbocycles. The van der Waals surface area contributed by atoms with Crippen molar-refractivity contribution < 1.29 is 19.0 Å². The molecule has 6 nitrogen and oxygen atoms in total. The first kappa shape index (κ1) is 27.2. The third-order valence-corrected chi connectivity index (χ3v) is 12.4. The van der Waals surface area contributed by atoms with E-state index in [1.165, 1.54) is 70.9 Å². The number of carbonyl (C=O) groups is 1. The molecule has 6 rings (SSSR count). The summed E-state index contributed by atoms with van der Waals surface area (Å²) in [6.45, 7) is 17.4. The Balaban J connectivity index is 1.27. The summed E-state index contributed by atoms with van der Waals surface area (Å²) in [6.07, 6.45) is 13.6. The number of nitrogens with zero attached hydrogens (tertiary/aromatic N) is 2. The Morgan fingerprint density at radius 3 is 2.42 bits per heavy atom. The van der Waals surface area contributed by atoms with Crippen molar-refractivity contribution in [2.75, 3.05) is 46.0 Å². The molecule has 2 saturated heterocycles. The monoisotopic (exact) mass is 528 g/mol. The molecule has 0 N–H and O–H groups in total. The summed E-state index contributed by atoms with van der Waals surface area (Å²) in [5, 5.41) is 0. The van der Waals surface area contributed by atoms with Gasteiger partial charge < -0.3 is 14.2 Å². The maximum Gasteiger partial charge on any atom is 0.302 e. The van der Waals surface area contributed by atoms with Crippen LogP contribution in [0.3, 0.4) is 0 Å². The predicted molar refractivity (Wildman–Crippen MR) is 149 cm³/mol. The molecular weight excluding hydrogens is 476 g/mol. The number of hydrogen-bond donors (Lipinski definition) is 0. The Morgan fingerprint density at radius 1 is 0.974 bits per heavy atom. The number of fused-ring (bicyclic) bond motifs is 5. The second-order valence-electron chi connectivity index (χ2n) is 14.1. The number of esters is 1. The molecule has 6 heteroatoms. The van der Waals surface area contributed by atoms with Crippen molar-refractivity contribution >= 4 is 5.97 Å². The van der Waals surface area contributed by atoms with Gasteiger partial charge in [-0.15, -0.1) is 6.58 Å². The molecule has 0 spiro atoms. The van der Waals surface area contributed by atoms with Crippen LogP contribution in [0.15, 0.2) is 12.7 Å². The number of carbonyl (C=O) groups excluding carboxylic acids is 1. The minimum Gasteiger partial charge on any atom is -0.460 e. The molecular formula is C32H52N2O4.